The normalized spacial score (nSPS) is 12.2. The maximum atomic E-state index is 10.5. The largest absolute Gasteiger partial charge is 0.364 e. The Morgan fingerprint density at radius 2 is 2.20 bits per heavy atom. The predicted molar refractivity (Wildman–Crippen MR) is 45.0 cm³/mol. The molecule has 0 bridgehead atoms. The summed E-state index contributed by atoms with van der Waals surface area (Å²) in [5, 5.41) is 0. The van der Waals surface area contributed by atoms with Crippen LogP contribution in [-0.2, 0) is 4.79 Å². The standard InChI is InChI=1S/C6H10N2OS/c1-4(10-3)5(8-2)6(7)9/h2H2,1,3H3,(H2,7,9)/b5-4-. The fraction of sp³-hybridized carbons (Fsp3) is 0.333. The summed E-state index contributed by atoms with van der Waals surface area (Å²) < 4.78 is 0. The van der Waals surface area contributed by atoms with Crippen LogP contribution >= 0.6 is 11.8 Å². The van der Waals surface area contributed by atoms with E-state index in [1.807, 2.05) is 6.26 Å². The van der Waals surface area contributed by atoms with Gasteiger partial charge >= 0.3 is 0 Å². The topological polar surface area (TPSA) is 55.4 Å². The van der Waals surface area contributed by atoms with Crippen LogP contribution in [-0.4, -0.2) is 18.9 Å². The van der Waals surface area contributed by atoms with Gasteiger partial charge in [0.25, 0.3) is 5.91 Å². The van der Waals surface area contributed by atoms with Crippen LogP contribution in [0.15, 0.2) is 15.6 Å². The molecule has 0 saturated carbocycles. The fourth-order valence-electron chi connectivity index (χ4n) is 0.459. The molecule has 56 valence electrons. The van der Waals surface area contributed by atoms with Crippen LogP contribution in [0.3, 0.4) is 0 Å². The zero-order valence-electron chi connectivity index (χ0n) is 6.05. The Morgan fingerprint density at radius 1 is 1.70 bits per heavy atom. The highest BCUT2D eigenvalue weighted by Gasteiger charge is 2.04. The molecule has 0 fully saturated rings. The monoisotopic (exact) mass is 158 g/mol. The van der Waals surface area contributed by atoms with Gasteiger partial charge in [0, 0.05) is 4.91 Å². The molecule has 0 aromatic rings. The first-order valence-electron chi connectivity index (χ1n) is 2.65. The van der Waals surface area contributed by atoms with Crippen molar-refractivity contribution in [2.45, 2.75) is 6.92 Å². The first-order valence-corrected chi connectivity index (χ1v) is 3.87. The van der Waals surface area contributed by atoms with Crippen molar-refractivity contribution >= 4 is 24.4 Å². The molecular weight excluding hydrogens is 148 g/mol. The Hall–Kier alpha value is -0.770. The first kappa shape index (κ1) is 9.23. The molecule has 0 aliphatic rings. The average molecular weight is 158 g/mol. The van der Waals surface area contributed by atoms with Gasteiger partial charge in [-0.25, -0.2) is 0 Å². The summed E-state index contributed by atoms with van der Waals surface area (Å²) in [6.45, 7) is 5.01. The molecule has 0 aromatic heterocycles. The molecule has 0 aromatic carbocycles. The molecule has 0 rings (SSSR count). The lowest BCUT2D eigenvalue weighted by molar-refractivity contribution is -0.114. The molecular formula is C6H10N2OS. The van der Waals surface area contributed by atoms with Gasteiger partial charge in [0.15, 0.2) is 0 Å². The van der Waals surface area contributed by atoms with Gasteiger partial charge in [0.1, 0.15) is 5.70 Å². The van der Waals surface area contributed by atoms with Crippen LogP contribution in [0.25, 0.3) is 0 Å². The van der Waals surface area contributed by atoms with Gasteiger partial charge in [-0.1, -0.05) is 0 Å². The Bertz CT molecular complexity index is 186. The van der Waals surface area contributed by atoms with Crippen molar-refractivity contribution in [2.75, 3.05) is 6.26 Å². The average Bonchev–Trinajstić information content (AvgIpc) is 1.88. The highest BCUT2D eigenvalue weighted by atomic mass is 32.2. The zero-order valence-corrected chi connectivity index (χ0v) is 6.86. The van der Waals surface area contributed by atoms with Crippen molar-refractivity contribution in [1.29, 1.82) is 0 Å². The van der Waals surface area contributed by atoms with Crippen molar-refractivity contribution in [3.63, 3.8) is 0 Å². The summed E-state index contributed by atoms with van der Waals surface area (Å²) in [5.74, 6) is -0.526. The van der Waals surface area contributed by atoms with Gasteiger partial charge in [0.2, 0.25) is 0 Å². The quantitative estimate of drug-likeness (QED) is 0.487. The third-order valence-electron chi connectivity index (χ3n) is 1.03. The first-order chi connectivity index (χ1) is 4.63. The summed E-state index contributed by atoms with van der Waals surface area (Å²) in [6.07, 6.45) is 1.85. The van der Waals surface area contributed by atoms with Gasteiger partial charge in [-0.2, -0.15) is 0 Å². The minimum absolute atomic E-state index is 0.257. The van der Waals surface area contributed by atoms with E-state index in [4.69, 9.17) is 5.73 Å². The molecule has 4 heteroatoms. The van der Waals surface area contributed by atoms with Crippen molar-refractivity contribution in [3.8, 4) is 0 Å². The summed E-state index contributed by atoms with van der Waals surface area (Å²) in [4.78, 5) is 14.8. The number of primary amides is 1. The van der Waals surface area contributed by atoms with E-state index in [1.54, 1.807) is 6.92 Å². The molecule has 1 amide bonds. The van der Waals surface area contributed by atoms with Gasteiger partial charge in [-0.3, -0.25) is 9.79 Å². The van der Waals surface area contributed by atoms with E-state index in [0.717, 1.165) is 4.91 Å². The summed E-state index contributed by atoms with van der Waals surface area (Å²) in [6, 6.07) is 0. The van der Waals surface area contributed by atoms with Gasteiger partial charge < -0.3 is 5.73 Å². The van der Waals surface area contributed by atoms with Crippen molar-refractivity contribution in [2.24, 2.45) is 10.7 Å². The lowest BCUT2D eigenvalue weighted by Crippen LogP contribution is -2.13. The molecule has 3 nitrogen and oxygen atoms in total. The van der Waals surface area contributed by atoms with Crippen LogP contribution in [0, 0.1) is 0 Å². The van der Waals surface area contributed by atoms with Crippen LogP contribution in [0.4, 0.5) is 0 Å². The maximum absolute atomic E-state index is 10.5. The number of carbonyl (C=O) groups is 1. The highest BCUT2D eigenvalue weighted by Crippen LogP contribution is 2.15. The zero-order chi connectivity index (χ0) is 8.15. The lowest BCUT2D eigenvalue weighted by Gasteiger charge is -1.98. The van der Waals surface area contributed by atoms with E-state index in [9.17, 15) is 4.79 Å². The number of aliphatic imine (C=N–C) groups is 1. The number of nitrogens with zero attached hydrogens (tertiary/aromatic N) is 1. The third-order valence-corrected chi connectivity index (χ3v) is 1.84. The summed E-state index contributed by atoms with van der Waals surface area (Å²) >= 11 is 1.43. The molecule has 0 radical (unpaired) electrons. The Labute approximate surface area is 64.4 Å². The smallest absolute Gasteiger partial charge is 0.268 e. The molecule has 2 N–H and O–H groups in total. The summed E-state index contributed by atoms with van der Waals surface area (Å²) in [7, 11) is 0. The number of hydrogen-bond donors (Lipinski definition) is 1. The molecule has 10 heavy (non-hydrogen) atoms. The second-order valence-corrected chi connectivity index (χ2v) is 2.65. The minimum Gasteiger partial charge on any atom is -0.364 e. The Balaban J connectivity index is 4.62. The molecule has 0 aliphatic heterocycles. The molecule has 0 unspecified atom stereocenters. The number of allylic oxidation sites excluding steroid dienone is 1. The number of carbonyl (C=O) groups excluding carboxylic acids is 1. The number of hydrogen-bond acceptors (Lipinski definition) is 3. The van der Waals surface area contributed by atoms with Crippen molar-refractivity contribution in [3.05, 3.63) is 10.6 Å². The fourth-order valence-corrected chi connectivity index (χ4v) is 0.818. The van der Waals surface area contributed by atoms with Gasteiger partial charge in [-0.05, 0) is 19.9 Å². The molecule has 0 spiro atoms. The number of amides is 1. The Morgan fingerprint density at radius 3 is 2.30 bits per heavy atom. The maximum Gasteiger partial charge on any atom is 0.268 e. The van der Waals surface area contributed by atoms with Crippen LogP contribution in [0.1, 0.15) is 6.92 Å². The van der Waals surface area contributed by atoms with E-state index >= 15 is 0 Å². The summed E-state index contributed by atoms with van der Waals surface area (Å²) in [5.41, 5.74) is 5.24. The number of thioether (sulfide) groups is 1. The van der Waals surface area contributed by atoms with E-state index < -0.39 is 5.91 Å². The van der Waals surface area contributed by atoms with Gasteiger partial charge in [-0.15, -0.1) is 11.8 Å². The third kappa shape index (κ3) is 2.23. The predicted octanol–water partition coefficient (Wildman–Crippen LogP) is 0.767. The van der Waals surface area contributed by atoms with Crippen molar-refractivity contribution < 1.29 is 4.79 Å². The minimum atomic E-state index is -0.526. The lowest BCUT2D eigenvalue weighted by atomic mass is 10.4. The molecule has 0 atom stereocenters. The van der Waals surface area contributed by atoms with E-state index in [2.05, 4.69) is 11.7 Å². The van der Waals surface area contributed by atoms with Crippen LogP contribution in [0.2, 0.25) is 0 Å². The van der Waals surface area contributed by atoms with E-state index in [1.165, 1.54) is 11.8 Å². The van der Waals surface area contributed by atoms with Crippen molar-refractivity contribution in [1.82, 2.24) is 0 Å². The molecule has 0 saturated heterocycles. The van der Waals surface area contributed by atoms with Gasteiger partial charge in [0.05, 0.1) is 0 Å². The number of rotatable bonds is 3. The van der Waals surface area contributed by atoms with Crippen LogP contribution in [0.5, 0.6) is 0 Å². The molecule has 0 heterocycles. The highest BCUT2D eigenvalue weighted by molar-refractivity contribution is 8.02. The van der Waals surface area contributed by atoms with E-state index in [-0.39, 0.29) is 5.70 Å². The van der Waals surface area contributed by atoms with E-state index in [0.29, 0.717) is 0 Å². The number of nitrogens with two attached hydrogens (primary N) is 1. The molecule has 0 aliphatic carbocycles. The second kappa shape index (κ2) is 4.11. The SMILES string of the molecule is C=N/C(C(N)=O)=C(/C)SC. The second-order valence-electron chi connectivity index (χ2n) is 1.63. The Kier molecular flexibility index (Phi) is 3.79. The van der Waals surface area contributed by atoms with Crippen LogP contribution < -0.4 is 5.73 Å².